The van der Waals surface area contributed by atoms with Gasteiger partial charge in [-0.1, -0.05) is 5.21 Å². The third-order valence-corrected chi connectivity index (χ3v) is 3.64. The quantitative estimate of drug-likeness (QED) is 0.825. The van der Waals surface area contributed by atoms with Gasteiger partial charge in [-0.3, -0.25) is 4.79 Å². The smallest absolute Gasteiger partial charge is 0.241 e. The summed E-state index contributed by atoms with van der Waals surface area (Å²) in [5.41, 5.74) is 0.589. The maximum atomic E-state index is 12.8. The van der Waals surface area contributed by atoms with Crippen LogP contribution >= 0.6 is 0 Å². The van der Waals surface area contributed by atoms with Crippen molar-refractivity contribution in [1.29, 1.82) is 0 Å². The van der Waals surface area contributed by atoms with Crippen molar-refractivity contribution < 1.29 is 18.7 Å². The summed E-state index contributed by atoms with van der Waals surface area (Å²) >= 11 is 0. The molecule has 24 heavy (non-hydrogen) atoms. The fourth-order valence-electron chi connectivity index (χ4n) is 2.41. The Morgan fingerprint density at radius 2 is 2.25 bits per heavy atom. The summed E-state index contributed by atoms with van der Waals surface area (Å²) in [6, 6.07) is 5.73. The van der Waals surface area contributed by atoms with Gasteiger partial charge in [-0.25, -0.2) is 9.07 Å². The fourth-order valence-corrected chi connectivity index (χ4v) is 2.41. The molecule has 0 bridgehead atoms. The molecule has 1 atom stereocenters. The highest BCUT2D eigenvalue weighted by atomic mass is 19.1. The van der Waals surface area contributed by atoms with Crippen molar-refractivity contribution in [3.05, 3.63) is 42.0 Å². The lowest BCUT2D eigenvalue weighted by Gasteiger charge is -2.10. The van der Waals surface area contributed by atoms with Crippen molar-refractivity contribution in [2.45, 2.75) is 32.1 Å². The van der Waals surface area contributed by atoms with E-state index in [1.54, 1.807) is 6.20 Å². The van der Waals surface area contributed by atoms with Gasteiger partial charge < -0.3 is 14.8 Å². The molecule has 1 aromatic heterocycles. The number of aromatic nitrogens is 3. The minimum atomic E-state index is -0.317. The predicted molar refractivity (Wildman–Crippen MR) is 82.7 cm³/mol. The highest BCUT2D eigenvalue weighted by Crippen LogP contribution is 2.12. The SMILES string of the molecule is O=C(Cn1cc(COc2ccc(F)cc2)nn1)NC[C@H]1CCCO1. The minimum Gasteiger partial charge on any atom is -0.487 e. The van der Waals surface area contributed by atoms with Crippen LogP contribution < -0.4 is 10.1 Å². The lowest BCUT2D eigenvalue weighted by atomic mass is 10.2. The molecule has 3 rings (SSSR count). The number of rotatable bonds is 7. The summed E-state index contributed by atoms with van der Waals surface area (Å²) in [6.45, 7) is 1.58. The zero-order valence-corrected chi connectivity index (χ0v) is 13.2. The average molecular weight is 334 g/mol. The van der Waals surface area contributed by atoms with Gasteiger partial charge in [-0.2, -0.15) is 0 Å². The molecule has 128 valence electrons. The van der Waals surface area contributed by atoms with Crippen LogP contribution in [-0.2, 0) is 22.7 Å². The largest absolute Gasteiger partial charge is 0.487 e. The number of halogens is 1. The molecule has 0 saturated carbocycles. The zero-order chi connectivity index (χ0) is 16.8. The van der Waals surface area contributed by atoms with Gasteiger partial charge in [0.2, 0.25) is 5.91 Å². The van der Waals surface area contributed by atoms with Crippen LogP contribution in [0, 0.1) is 5.82 Å². The first-order chi connectivity index (χ1) is 11.7. The molecule has 2 aromatic rings. The summed E-state index contributed by atoms with van der Waals surface area (Å²) in [5, 5.41) is 10.7. The number of hydrogen-bond acceptors (Lipinski definition) is 5. The maximum Gasteiger partial charge on any atom is 0.241 e. The Balaban J connectivity index is 1.42. The van der Waals surface area contributed by atoms with Crippen molar-refractivity contribution in [2.75, 3.05) is 13.2 Å². The molecule has 1 aromatic carbocycles. The molecule has 1 saturated heterocycles. The van der Waals surface area contributed by atoms with E-state index in [1.165, 1.54) is 28.9 Å². The third-order valence-electron chi connectivity index (χ3n) is 3.64. The maximum absolute atomic E-state index is 12.8. The van der Waals surface area contributed by atoms with E-state index in [0.717, 1.165) is 19.4 Å². The lowest BCUT2D eigenvalue weighted by molar-refractivity contribution is -0.122. The fraction of sp³-hybridized carbons (Fsp3) is 0.438. The topological polar surface area (TPSA) is 78.3 Å². The third kappa shape index (κ3) is 4.76. The summed E-state index contributed by atoms with van der Waals surface area (Å²) in [4.78, 5) is 11.9. The minimum absolute atomic E-state index is 0.0935. The highest BCUT2D eigenvalue weighted by molar-refractivity contribution is 5.75. The van der Waals surface area contributed by atoms with Crippen molar-refractivity contribution in [3.8, 4) is 5.75 Å². The van der Waals surface area contributed by atoms with Gasteiger partial charge in [0.1, 0.15) is 30.4 Å². The molecule has 1 fully saturated rings. The van der Waals surface area contributed by atoms with Gasteiger partial charge in [0.25, 0.3) is 0 Å². The number of carbonyl (C=O) groups is 1. The summed E-state index contributed by atoms with van der Waals surface area (Å²) in [7, 11) is 0. The van der Waals surface area contributed by atoms with Crippen LogP contribution in [-0.4, -0.2) is 40.2 Å². The second kappa shape index (κ2) is 7.87. The van der Waals surface area contributed by atoms with Gasteiger partial charge >= 0.3 is 0 Å². The van der Waals surface area contributed by atoms with E-state index in [2.05, 4.69) is 15.6 Å². The number of nitrogens with zero attached hydrogens (tertiary/aromatic N) is 3. The van der Waals surface area contributed by atoms with Crippen molar-refractivity contribution in [1.82, 2.24) is 20.3 Å². The standard InChI is InChI=1S/C16H19FN4O3/c17-12-3-5-14(6-4-12)24-11-13-9-21(20-19-13)10-16(22)18-8-15-2-1-7-23-15/h3-6,9,15H,1-2,7-8,10-11H2,(H,18,22)/t15-/m1/s1. The molecule has 0 radical (unpaired) electrons. The lowest BCUT2D eigenvalue weighted by Crippen LogP contribution is -2.34. The van der Waals surface area contributed by atoms with Crippen molar-refractivity contribution >= 4 is 5.91 Å². The predicted octanol–water partition coefficient (Wildman–Crippen LogP) is 1.29. The normalized spacial score (nSPS) is 17.0. The first-order valence-corrected chi connectivity index (χ1v) is 7.85. The molecule has 1 aliphatic rings. The Bertz CT molecular complexity index is 668. The van der Waals surface area contributed by atoms with E-state index >= 15 is 0 Å². The molecule has 1 aliphatic heterocycles. The molecular weight excluding hydrogens is 315 g/mol. The number of hydrogen-bond donors (Lipinski definition) is 1. The summed E-state index contributed by atoms with van der Waals surface area (Å²) in [5.74, 6) is 0.0870. The molecule has 1 amide bonds. The second-order valence-corrected chi connectivity index (χ2v) is 5.59. The molecule has 0 unspecified atom stereocenters. The van der Waals surface area contributed by atoms with E-state index in [9.17, 15) is 9.18 Å². The van der Waals surface area contributed by atoms with Gasteiger partial charge in [0, 0.05) is 13.2 Å². The van der Waals surface area contributed by atoms with Crippen LogP contribution in [0.15, 0.2) is 30.5 Å². The summed E-state index contributed by atoms with van der Waals surface area (Å²) in [6.07, 6.45) is 3.79. The molecule has 2 heterocycles. The number of carbonyl (C=O) groups excluding carboxylic acids is 1. The first kappa shape index (κ1) is 16.4. The Morgan fingerprint density at radius 1 is 1.42 bits per heavy atom. The van der Waals surface area contributed by atoms with Crippen LogP contribution in [0.1, 0.15) is 18.5 Å². The van der Waals surface area contributed by atoms with Crippen LogP contribution in [0.3, 0.4) is 0 Å². The van der Waals surface area contributed by atoms with Crippen LogP contribution in [0.2, 0.25) is 0 Å². The molecule has 7 nitrogen and oxygen atoms in total. The molecule has 1 N–H and O–H groups in total. The zero-order valence-electron chi connectivity index (χ0n) is 13.2. The number of ether oxygens (including phenoxy) is 2. The van der Waals surface area contributed by atoms with E-state index in [4.69, 9.17) is 9.47 Å². The summed E-state index contributed by atoms with van der Waals surface area (Å²) < 4.78 is 25.2. The van der Waals surface area contributed by atoms with Gasteiger partial charge in [-0.15, -0.1) is 5.10 Å². The van der Waals surface area contributed by atoms with Crippen LogP contribution in [0.4, 0.5) is 4.39 Å². The molecular formula is C16H19FN4O3. The number of benzene rings is 1. The highest BCUT2D eigenvalue weighted by Gasteiger charge is 2.16. The average Bonchev–Trinajstić information content (AvgIpc) is 3.24. The molecule has 8 heteroatoms. The van der Waals surface area contributed by atoms with Gasteiger partial charge in [0.15, 0.2) is 0 Å². The van der Waals surface area contributed by atoms with Crippen LogP contribution in [0.25, 0.3) is 0 Å². The van der Waals surface area contributed by atoms with Gasteiger partial charge in [-0.05, 0) is 37.1 Å². The van der Waals surface area contributed by atoms with Gasteiger partial charge in [0.05, 0.1) is 12.3 Å². The Kier molecular flexibility index (Phi) is 5.37. The van der Waals surface area contributed by atoms with Crippen molar-refractivity contribution in [2.24, 2.45) is 0 Å². The first-order valence-electron chi connectivity index (χ1n) is 7.85. The monoisotopic (exact) mass is 334 g/mol. The molecule has 0 spiro atoms. The number of amides is 1. The van der Waals surface area contributed by atoms with Crippen LogP contribution in [0.5, 0.6) is 5.75 Å². The van der Waals surface area contributed by atoms with E-state index in [0.29, 0.717) is 18.0 Å². The Hall–Kier alpha value is -2.48. The van der Waals surface area contributed by atoms with E-state index in [1.807, 2.05) is 0 Å². The van der Waals surface area contributed by atoms with E-state index in [-0.39, 0.29) is 31.0 Å². The number of nitrogens with one attached hydrogen (secondary N) is 1. The second-order valence-electron chi connectivity index (χ2n) is 5.59. The van der Waals surface area contributed by atoms with Crippen molar-refractivity contribution in [3.63, 3.8) is 0 Å². The Morgan fingerprint density at radius 3 is 3.00 bits per heavy atom. The van der Waals surface area contributed by atoms with E-state index < -0.39 is 0 Å². The molecule has 0 aliphatic carbocycles. The Labute approximate surface area is 138 Å².